The molecule has 3 fully saturated rings. The van der Waals surface area contributed by atoms with Crippen molar-refractivity contribution in [1.82, 2.24) is 0 Å². The molecule has 1 saturated heterocycles. The lowest BCUT2D eigenvalue weighted by Crippen LogP contribution is -2.52. The van der Waals surface area contributed by atoms with Gasteiger partial charge in [0.2, 0.25) is 0 Å². The van der Waals surface area contributed by atoms with Crippen molar-refractivity contribution >= 4 is 11.5 Å². The number of benzene rings is 1. The second-order valence-corrected chi connectivity index (χ2v) is 12.9. The van der Waals surface area contributed by atoms with Crippen LogP contribution < -0.4 is 4.90 Å². The maximum atomic E-state index is 16.0. The van der Waals surface area contributed by atoms with Crippen molar-refractivity contribution in [3.8, 4) is 11.8 Å². The van der Waals surface area contributed by atoms with E-state index >= 15 is 4.39 Å². The molecule has 218 valence electrons. The van der Waals surface area contributed by atoms with Crippen molar-refractivity contribution in [1.29, 1.82) is 0 Å². The van der Waals surface area contributed by atoms with Crippen LogP contribution in [0.4, 0.5) is 10.1 Å². The first-order valence-electron chi connectivity index (χ1n) is 15.3. The van der Waals surface area contributed by atoms with Gasteiger partial charge in [-0.05, 0) is 97.5 Å². The quantitative estimate of drug-likeness (QED) is 0.346. The van der Waals surface area contributed by atoms with E-state index in [9.17, 15) is 14.8 Å². The summed E-state index contributed by atoms with van der Waals surface area (Å²) in [5.41, 5.74) is 3.98. The summed E-state index contributed by atoms with van der Waals surface area (Å²) < 4.78 is 21.4. The van der Waals surface area contributed by atoms with Crippen LogP contribution in [0.25, 0.3) is 0 Å². The molecule has 4 aliphatic carbocycles. The van der Waals surface area contributed by atoms with E-state index < -0.39 is 23.0 Å². The number of allylic oxidation sites excluding steroid dienone is 3. The molecule has 1 N–H and O–H groups in total. The SMILES string of the molecule is COCC(=O)[C@@]1(C#CCO)CC[C@H]2[C@@H]3CC(F)C4=CC(N=O)CCC4=C3C(c3ccc(N4CCCC4)cc3)C[C@@]21C. The molecule has 0 bridgehead atoms. The Balaban J connectivity index is 1.50. The molecule has 1 heterocycles. The van der Waals surface area contributed by atoms with E-state index in [0.717, 1.165) is 25.1 Å². The highest BCUT2D eigenvalue weighted by Gasteiger charge is 2.66. The lowest BCUT2D eigenvalue weighted by Gasteiger charge is -2.55. The number of aliphatic hydroxyl groups excluding tert-OH is 1. The topological polar surface area (TPSA) is 79.2 Å². The summed E-state index contributed by atoms with van der Waals surface area (Å²) in [6, 6.07) is 8.40. The van der Waals surface area contributed by atoms with Crippen LogP contribution in [0.3, 0.4) is 0 Å². The number of carbonyl (C=O) groups is 1. The van der Waals surface area contributed by atoms with Crippen LogP contribution in [-0.2, 0) is 9.53 Å². The molecule has 0 spiro atoms. The lowest BCUT2D eigenvalue weighted by molar-refractivity contribution is -0.136. The Morgan fingerprint density at radius 2 is 1.98 bits per heavy atom. The molecular formula is C34H41FN2O4. The van der Waals surface area contributed by atoms with E-state index in [1.807, 2.05) is 0 Å². The van der Waals surface area contributed by atoms with E-state index in [-0.39, 0.29) is 36.8 Å². The molecule has 1 aromatic rings. The van der Waals surface area contributed by atoms with Gasteiger partial charge in [-0.15, -0.1) is 0 Å². The van der Waals surface area contributed by atoms with Gasteiger partial charge in [-0.2, -0.15) is 4.91 Å². The van der Waals surface area contributed by atoms with Gasteiger partial charge in [0.25, 0.3) is 0 Å². The average Bonchev–Trinajstić information content (AvgIpc) is 3.63. The van der Waals surface area contributed by atoms with Crippen molar-refractivity contribution < 1.29 is 19.0 Å². The van der Waals surface area contributed by atoms with Gasteiger partial charge in [0.15, 0.2) is 5.78 Å². The molecule has 0 radical (unpaired) electrons. The number of ketones is 1. The van der Waals surface area contributed by atoms with E-state index in [2.05, 4.69) is 53.1 Å². The van der Waals surface area contributed by atoms with Crippen molar-refractivity contribution in [3.05, 3.63) is 57.5 Å². The van der Waals surface area contributed by atoms with Crippen LogP contribution >= 0.6 is 0 Å². The highest BCUT2D eigenvalue weighted by molar-refractivity contribution is 5.90. The number of hydrogen-bond acceptors (Lipinski definition) is 6. The van der Waals surface area contributed by atoms with Crippen LogP contribution in [0.1, 0.15) is 69.8 Å². The second-order valence-electron chi connectivity index (χ2n) is 12.9. The minimum Gasteiger partial charge on any atom is -0.384 e. The molecule has 5 aliphatic rings. The molecule has 41 heavy (non-hydrogen) atoms. The van der Waals surface area contributed by atoms with Crippen LogP contribution in [0.15, 0.2) is 52.2 Å². The van der Waals surface area contributed by atoms with Crippen LogP contribution in [0.5, 0.6) is 0 Å². The van der Waals surface area contributed by atoms with Gasteiger partial charge in [-0.1, -0.05) is 47.7 Å². The normalized spacial score (nSPS) is 36.0. The van der Waals surface area contributed by atoms with Crippen molar-refractivity contribution in [2.24, 2.45) is 27.8 Å². The fourth-order valence-corrected chi connectivity index (χ4v) is 9.23. The largest absolute Gasteiger partial charge is 0.384 e. The number of Topliss-reactive ketones (excluding diaryl/α,β-unsaturated/α-hetero) is 1. The lowest BCUT2D eigenvalue weighted by atomic mass is 9.48. The van der Waals surface area contributed by atoms with E-state index in [1.54, 1.807) is 6.08 Å². The molecule has 1 aromatic carbocycles. The number of anilines is 1. The number of halogens is 1. The second kappa shape index (κ2) is 11.1. The van der Waals surface area contributed by atoms with Gasteiger partial charge in [0, 0.05) is 31.8 Å². The number of nitroso groups, excluding NO2 is 1. The number of fused-ring (bicyclic) bond motifs is 4. The van der Waals surface area contributed by atoms with Gasteiger partial charge in [-0.25, -0.2) is 4.39 Å². The highest BCUT2D eigenvalue weighted by Crippen LogP contribution is 2.70. The zero-order valence-corrected chi connectivity index (χ0v) is 24.2. The minimum absolute atomic E-state index is 0.00395. The highest BCUT2D eigenvalue weighted by atomic mass is 19.1. The third kappa shape index (κ3) is 4.49. The summed E-state index contributed by atoms with van der Waals surface area (Å²) in [7, 11) is 1.53. The van der Waals surface area contributed by atoms with Crippen molar-refractivity contribution in [3.63, 3.8) is 0 Å². The Morgan fingerprint density at radius 1 is 1.22 bits per heavy atom. The molecule has 6 nitrogen and oxygen atoms in total. The number of aliphatic hydroxyl groups is 1. The standard InChI is InChI=1S/C34H41FN2O4/c1-33-20-28(22-6-9-24(10-7-22)37-15-3-4-16-37)32-25-11-8-23(36-40)18-26(25)30(35)19-27(32)29(33)12-14-34(33,13-5-17-38)31(39)21-41-2/h6-7,9-10,18,23,27-30,38H,3-4,8,11-12,14-17,19-21H2,1-2H3/t23?,27-,28?,29-,30?,33-,34+/m0/s1. The Bertz CT molecular complexity index is 1320. The number of rotatable bonds is 6. The molecule has 7 heteroatoms. The average molecular weight is 561 g/mol. The summed E-state index contributed by atoms with van der Waals surface area (Å²) in [5, 5.41) is 12.9. The summed E-state index contributed by atoms with van der Waals surface area (Å²) in [4.78, 5) is 27.7. The Kier molecular flexibility index (Phi) is 7.67. The first-order valence-corrected chi connectivity index (χ1v) is 15.3. The van der Waals surface area contributed by atoms with Crippen LogP contribution in [0, 0.1) is 39.4 Å². The minimum atomic E-state index is -1.16. The zero-order valence-electron chi connectivity index (χ0n) is 24.2. The maximum Gasteiger partial charge on any atom is 0.176 e. The van der Waals surface area contributed by atoms with Crippen LogP contribution in [0.2, 0.25) is 0 Å². The third-order valence-electron chi connectivity index (χ3n) is 11.1. The fourth-order valence-electron chi connectivity index (χ4n) is 9.23. The van der Waals surface area contributed by atoms with Crippen LogP contribution in [-0.4, -0.2) is 56.5 Å². The summed E-state index contributed by atoms with van der Waals surface area (Å²) >= 11 is 0. The predicted octanol–water partition coefficient (Wildman–Crippen LogP) is 5.90. The Hall–Kier alpha value is -2.82. The Morgan fingerprint density at radius 3 is 2.66 bits per heavy atom. The number of carbonyl (C=O) groups excluding carboxylic acids is 1. The number of alkyl halides is 1. The van der Waals surface area contributed by atoms with Gasteiger partial charge >= 0.3 is 0 Å². The zero-order chi connectivity index (χ0) is 28.8. The number of nitrogens with zero attached hydrogens (tertiary/aromatic N) is 2. The van der Waals surface area contributed by atoms with Crippen molar-refractivity contribution in [2.75, 3.05) is 38.3 Å². The summed E-state index contributed by atoms with van der Waals surface area (Å²) in [5.74, 6) is 6.13. The third-order valence-corrected chi connectivity index (χ3v) is 11.1. The van der Waals surface area contributed by atoms with Gasteiger partial charge in [-0.3, -0.25) is 4.79 Å². The van der Waals surface area contributed by atoms with Gasteiger partial charge in [0.05, 0.1) is 5.41 Å². The monoisotopic (exact) mass is 560 g/mol. The van der Waals surface area contributed by atoms with Crippen molar-refractivity contribution in [2.45, 2.75) is 76.4 Å². The fraction of sp³-hybridized carbons (Fsp3) is 0.618. The predicted molar refractivity (Wildman–Crippen MR) is 157 cm³/mol. The molecule has 7 atom stereocenters. The van der Waals surface area contributed by atoms with E-state index in [4.69, 9.17) is 4.74 Å². The summed E-state index contributed by atoms with van der Waals surface area (Å²) in [6.07, 6.45) is 6.72. The van der Waals surface area contributed by atoms with Gasteiger partial charge < -0.3 is 14.7 Å². The maximum absolute atomic E-state index is 16.0. The molecule has 0 amide bonds. The molecular weight excluding hydrogens is 519 g/mol. The smallest absolute Gasteiger partial charge is 0.176 e. The first-order chi connectivity index (χ1) is 19.9. The summed E-state index contributed by atoms with van der Waals surface area (Å²) in [6.45, 7) is 3.99. The molecule has 2 saturated carbocycles. The molecule has 3 unspecified atom stereocenters. The van der Waals surface area contributed by atoms with E-state index in [0.29, 0.717) is 37.7 Å². The first kappa shape index (κ1) is 28.3. The number of ether oxygens (including phenoxy) is 1. The number of methoxy groups -OCH3 is 1. The Labute approximate surface area is 242 Å². The molecule has 0 aromatic heterocycles. The number of hydrogen-bond donors (Lipinski definition) is 1. The van der Waals surface area contributed by atoms with E-state index in [1.165, 1.54) is 36.8 Å². The molecule has 6 rings (SSSR count). The van der Waals surface area contributed by atoms with Gasteiger partial charge in [0.1, 0.15) is 25.4 Å². The molecule has 1 aliphatic heterocycles.